The van der Waals surface area contributed by atoms with Crippen LogP contribution in [0.15, 0.2) is 72.8 Å². The number of hydrogen-bond acceptors (Lipinski definition) is 7. The first-order chi connectivity index (χ1) is 25.0. The second-order valence-corrected chi connectivity index (χ2v) is 16.5. The molecule has 2 bridgehead atoms. The van der Waals surface area contributed by atoms with Gasteiger partial charge in [-0.05, 0) is 76.8 Å². The Kier molecular flexibility index (Phi) is 12.5. The molecule has 1 saturated carbocycles. The second kappa shape index (κ2) is 17.0. The molecule has 2 saturated heterocycles. The van der Waals surface area contributed by atoms with Gasteiger partial charge in [-0.25, -0.2) is 5.48 Å². The Hall–Kier alpha value is -3.60. The number of aliphatic hydroxyl groups excluding tert-OH is 1. The molecule has 9 heteroatoms. The van der Waals surface area contributed by atoms with E-state index in [1.807, 2.05) is 24.3 Å². The first-order valence-electron chi connectivity index (χ1n) is 19.1. The molecule has 1 aliphatic carbocycles. The van der Waals surface area contributed by atoms with Crippen LogP contribution in [-0.2, 0) is 32.2 Å². The van der Waals surface area contributed by atoms with Crippen molar-refractivity contribution in [3.05, 3.63) is 95.1 Å². The van der Waals surface area contributed by atoms with Crippen LogP contribution in [0.4, 0.5) is 0 Å². The Morgan fingerprint density at radius 1 is 0.827 bits per heavy atom. The molecule has 3 aromatic rings. The number of nitrogens with one attached hydrogen (secondary N) is 2. The third-order valence-electron chi connectivity index (χ3n) is 11.2. The van der Waals surface area contributed by atoms with Gasteiger partial charge >= 0.3 is 0 Å². The Labute approximate surface area is 309 Å². The number of benzene rings is 3. The van der Waals surface area contributed by atoms with Crippen LogP contribution >= 0.6 is 0 Å². The lowest BCUT2D eigenvalue weighted by Crippen LogP contribution is -2.42. The maximum Gasteiger partial charge on any atom is 0.243 e. The zero-order chi connectivity index (χ0) is 36.7. The van der Waals surface area contributed by atoms with Gasteiger partial charge in [0.25, 0.3) is 0 Å². The van der Waals surface area contributed by atoms with E-state index < -0.39 is 6.29 Å². The number of aliphatic hydroxyl groups is 1. The van der Waals surface area contributed by atoms with Crippen LogP contribution in [-0.4, -0.2) is 52.3 Å². The normalized spacial score (nSPS) is 25.5. The summed E-state index contributed by atoms with van der Waals surface area (Å²) in [6.45, 7) is 9.80. The first-order valence-corrected chi connectivity index (χ1v) is 19.1. The lowest BCUT2D eigenvalue weighted by Gasteiger charge is -2.41. The molecule has 0 radical (unpaired) electrons. The third kappa shape index (κ3) is 10.1. The number of fused-ring (bicyclic) bond motifs is 2. The molecular weight excluding hydrogens is 654 g/mol. The van der Waals surface area contributed by atoms with Crippen LogP contribution in [0, 0.1) is 10.8 Å². The van der Waals surface area contributed by atoms with Crippen LogP contribution in [0.2, 0.25) is 0 Å². The van der Waals surface area contributed by atoms with E-state index in [1.54, 1.807) is 5.48 Å². The summed E-state index contributed by atoms with van der Waals surface area (Å²) in [5.41, 5.74) is 8.54. The molecule has 4 N–H and O–H groups in total. The van der Waals surface area contributed by atoms with Crippen molar-refractivity contribution in [3.63, 3.8) is 0 Å². The molecule has 3 aliphatic rings. The molecule has 0 spiro atoms. The fraction of sp³-hybridized carbons (Fsp3) is 0.535. The predicted molar refractivity (Wildman–Crippen MR) is 201 cm³/mol. The molecule has 280 valence electrons. The van der Waals surface area contributed by atoms with Gasteiger partial charge in [-0.2, -0.15) is 0 Å². The van der Waals surface area contributed by atoms with E-state index in [4.69, 9.17) is 14.7 Å². The Balaban J connectivity index is 1.08. The average molecular weight is 712 g/mol. The molecule has 2 heterocycles. The van der Waals surface area contributed by atoms with E-state index in [1.165, 1.54) is 19.3 Å². The maximum atomic E-state index is 12.5. The number of ether oxygens (including phenoxy) is 2. The average Bonchev–Trinajstić information content (AvgIpc) is 3.38. The molecule has 2 unspecified atom stereocenters. The van der Waals surface area contributed by atoms with E-state index in [0.717, 1.165) is 72.2 Å². The van der Waals surface area contributed by atoms with Crippen LogP contribution in [0.3, 0.4) is 0 Å². The number of amides is 2. The van der Waals surface area contributed by atoms with Gasteiger partial charge in [0.15, 0.2) is 6.29 Å². The number of hydroxylamine groups is 1. The van der Waals surface area contributed by atoms with Crippen molar-refractivity contribution in [3.8, 4) is 11.1 Å². The number of carbonyl (C=O) groups is 2. The summed E-state index contributed by atoms with van der Waals surface area (Å²) in [5.74, 6) is -0.358. The molecule has 9 nitrogen and oxygen atoms in total. The van der Waals surface area contributed by atoms with Crippen molar-refractivity contribution in [2.24, 2.45) is 10.8 Å². The number of rotatable bonds is 15. The summed E-state index contributed by atoms with van der Waals surface area (Å²) in [7, 11) is 0. The van der Waals surface area contributed by atoms with Gasteiger partial charge in [-0.15, -0.1) is 0 Å². The Bertz CT molecular complexity index is 1640. The van der Waals surface area contributed by atoms with Crippen LogP contribution in [0.5, 0.6) is 0 Å². The fourth-order valence-corrected chi connectivity index (χ4v) is 9.05. The van der Waals surface area contributed by atoms with E-state index in [9.17, 15) is 14.7 Å². The summed E-state index contributed by atoms with van der Waals surface area (Å²) < 4.78 is 13.5. The number of unbranched alkanes of at least 4 members (excludes halogenated alkanes) is 3. The molecule has 5 atom stereocenters. The smallest absolute Gasteiger partial charge is 0.243 e. The number of nitrogens with zero attached hydrogens (tertiary/aromatic N) is 1. The van der Waals surface area contributed by atoms with Crippen molar-refractivity contribution in [1.29, 1.82) is 0 Å². The highest BCUT2D eigenvalue weighted by Crippen LogP contribution is 2.53. The van der Waals surface area contributed by atoms with Crippen molar-refractivity contribution < 1.29 is 29.4 Å². The molecule has 52 heavy (non-hydrogen) atoms. The van der Waals surface area contributed by atoms with Crippen molar-refractivity contribution >= 4 is 11.8 Å². The van der Waals surface area contributed by atoms with E-state index in [-0.39, 0.29) is 30.6 Å². The van der Waals surface area contributed by atoms with Gasteiger partial charge in [0, 0.05) is 50.5 Å². The first kappa shape index (κ1) is 38.1. The highest BCUT2D eigenvalue weighted by Gasteiger charge is 2.50. The van der Waals surface area contributed by atoms with Gasteiger partial charge in [0.05, 0.1) is 18.8 Å². The summed E-state index contributed by atoms with van der Waals surface area (Å²) >= 11 is 0. The van der Waals surface area contributed by atoms with Gasteiger partial charge < -0.3 is 19.9 Å². The monoisotopic (exact) mass is 711 g/mol. The molecule has 2 aliphatic heterocycles. The lowest BCUT2D eigenvalue weighted by atomic mass is 9.65. The van der Waals surface area contributed by atoms with Gasteiger partial charge in [-0.3, -0.25) is 19.7 Å². The molecule has 0 aromatic heterocycles. The summed E-state index contributed by atoms with van der Waals surface area (Å²) in [6.07, 6.45) is 7.88. The zero-order valence-corrected chi connectivity index (χ0v) is 31.1. The van der Waals surface area contributed by atoms with E-state index in [2.05, 4.69) is 79.5 Å². The number of likely N-dealkylation sites (tertiary alicyclic amines) is 1. The third-order valence-corrected chi connectivity index (χ3v) is 11.2. The van der Waals surface area contributed by atoms with E-state index >= 15 is 0 Å². The quantitative estimate of drug-likeness (QED) is 0.0723. The summed E-state index contributed by atoms with van der Waals surface area (Å²) in [4.78, 5) is 26.2. The Morgan fingerprint density at radius 3 is 2.25 bits per heavy atom. The minimum absolute atomic E-state index is 0.0158. The maximum absolute atomic E-state index is 12.5. The van der Waals surface area contributed by atoms with Crippen LogP contribution in [0.25, 0.3) is 11.1 Å². The molecule has 3 aromatic carbocycles. The molecule has 3 fully saturated rings. The standard InChI is InChI=1S/C43H57N3O6/c1-42(2)23-36-24-43(3,28-42)29-46(36)26-37-22-38(33-15-13-30(27-47)14-16-33)52-41(51-37)34-19-17-32(18-20-34)35-10-8-9-31(21-35)25-44-39(48)11-6-4-5-7-12-40(49)45-50/h8-10,13-21,36-38,41,47,50H,4-7,11-12,22-29H2,1-3H3,(H,44,48)(H,45,49)/t36?,37-,38+,41+,43?/m1/s1. The zero-order valence-electron chi connectivity index (χ0n) is 31.1. The summed E-state index contributed by atoms with van der Waals surface area (Å²) in [5, 5.41) is 21.2. The van der Waals surface area contributed by atoms with Crippen LogP contribution in [0.1, 0.15) is 120 Å². The van der Waals surface area contributed by atoms with E-state index in [0.29, 0.717) is 42.7 Å². The highest BCUT2D eigenvalue weighted by molar-refractivity contribution is 5.76. The second-order valence-electron chi connectivity index (χ2n) is 16.5. The largest absolute Gasteiger partial charge is 0.392 e. The minimum Gasteiger partial charge on any atom is -0.392 e. The van der Waals surface area contributed by atoms with Crippen molar-refractivity contribution in [2.75, 3.05) is 13.1 Å². The van der Waals surface area contributed by atoms with Gasteiger partial charge in [0.2, 0.25) is 11.8 Å². The van der Waals surface area contributed by atoms with Crippen LogP contribution < -0.4 is 10.8 Å². The number of hydrogen-bond donors (Lipinski definition) is 4. The van der Waals surface area contributed by atoms with Crippen molar-refractivity contribution in [1.82, 2.24) is 15.7 Å². The minimum atomic E-state index is -0.495. The SMILES string of the molecule is CC1(C)CC2CC(C)(CN2C[C@H]2C[C@@H](c3ccc(CO)cc3)O[C@@H](c3ccc(-c4cccc(CNC(=O)CCCCCCC(=O)NO)c4)cc3)O2)C1. The topological polar surface area (TPSA) is 120 Å². The lowest BCUT2D eigenvalue weighted by molar-refractivity contribution is -0.253. The predicted octanol–water partition coefficient (Wildman–Crippen LogP) is 7.75. The molecule has 6 rings (SSSR count). The highest BCUT2D eigenvalue weighted by atomic mass is 16.7. The number of carbonyl (C=O) groups excluding carboxylic acids is 2. The fourth-order valence-electron chi connectivity index (χ4n) is 9.05. The molecule has 2 amide bonds. The summed E-state index contributed by atoms with van der Waals surface area (Å²) in [6, 6.07) is 25.4. The Morgan fingerprint density at radius 2 is 1.54 bits per heavy atom. The van der Waals surface area contributed by atoms with Crippen molar-refractivity contribution in [2.45, 2.75) is 123 Å². The van der Waals surface area contributed by atoms with Gasteiger partial charge in [0.1, 0.15) is 0 Å². The van der Waals surface area contributed by atoms with Gasteiger partial charge in [-0.1, -0.05) is 100 Å². The molecular formula is C43H57N3O6.